The van der Waals surface area contributed by atoms with Crippen molar-refractivity contribution in [1.29, 1.82) is 5.26 Å². The van der Waals surface area contributed by atoms with Gasteiger partial charge in [-0.15, -0.1) is 0 Å². The zero-order valence-corrected chi connectivity index (χ0v) is 10.9. The number of nitrogens with zero attached hydrogens (tertiary/aromatic N) is 4. The van der Waals surface area contributed by atoms with Gasteiger partial charge in [0.05, 0.1) is 12.4 Å². The summed E-state index contributed by atoms with van der Waals surface area (Å²) < 4.78 is 0. The van der Waals surface area contributed by atoms with Crippen LogP contribution < -0.4 is 4.90 Å². The highest BCUT2D eigenvalue weighted by molar-refractivity contribution is 5.46. The molecular weight excluding hydrogens is 224 g/mol. The molecule has 1 saturated heterocycles. The van der Waals surface area contributed by atoms with Crippen molar-refractivity contribution >= 4 is 5.82 Å². The lowest BCUT2D eigenvalue weighted by atomic mass is 9.55. The molecule has 1 aliphatic carbocycles. The molecule has 1 aliphatic heterocycles. The number of hydrogen-bond donors (Lipinski definition) is 0. The second-order valence-electron chi connectivity index (χ2n) is 5.90. The summed E-state index contributed by atoms with van der Waals surface area (Å²) >= 11 is 0. The van der Waals surface area contributed by atoms with Crippen LogP contribution in [0.2, 0.25) is 0 Å². The quantitative estimate of drug-likeness (QED) is 0.799. The van der Waals surface area contributed by atoms with Gasteiger partial charge in [-0.05, 0) is 18.8 Å². The van der Waals surface area contributed by atoms with Crippen LogP contribution in [0.25, 0.3) is 0 Å². The van der Waals surface area contributed by atoms with E-state index in [-0.39, 0.29) is 0 Å². The molecule has 4 nitrogen and oxygen atoms in total. The molecule has 2 fully saturated rings. The van der Waals surface area contributed by atoms with Crippen molar-refractivity contribution in [2.24, 2.45) is 11.3 Å². The minimum atomic E-state index is 0.388. The summed E-state index contributed by atoms with van der Waals surface area (Å²) in [7, 11) is 0. The van der Waals surface area contributed by atoms with Crippen LogP contribution in [0.5, 0.6) is 0 Å². The van der Waals surface area contributed by atoms with Crippen LogP contribution >= 0.6 is 0 Å². The molecule has 0 N–H and O–H groups in total. The molecule has 1 aromatic heterocycles. The van der Waals surface area contributed by atoms with Crippen molar-refractivity contribution in [2.45, 2.75) is 39.2 Å². The standard InChI is InChI=1S/C14H18N4/c1-10(2)13-14(4-3-5-14)9-18(13)12-8-16-11(6-15)7-17-12/h7-8,10,13H,3-5,9H2,1-2H3. The summed E-state index contributed by atoms with van der Waals surface area (Å²) in [5.41, 5.74) is 0.933. The van der Waals surface area contributed by atoms with E-state index in [2.05, 4.69) is 28.7 Å². The minimum absolute atomic E-state index is 0.388. The van der Waals surface area contributed by atoms with E-state index in [9.17, 15) is 0 Å². The normalized spacial score (nSPS) is 24.6. The molecule has 2 heterocycles. The molecule has 0 amide bonds. The molecule has 0 radical (unpaired) electrons. The molecular formula is C14H18N4. The average molecular weight is 242 g/mol. The number of nitriles is 1. The number of anilines is 1. The van der Waals surface area contributed by atoms with E-state index >= 15 is 0 Å². The third-order valence-corrected chi connectivity index (χ3v) is 4.48. The van der Waals surface area contributed by atoms with Crippen LogP contribution in [0, 0.1) is 22.7 Å². The Morgan fingerprint density at radius 1 is 1.39 bits per heavy atom. The van der Waals surface area contributed by atoms with Gasteiger partial charge in [-0.3, -0.25) is 0 Å². The lowest BCUT2D eigenvalue weighted by molar-refractivity contribution is 0.00581. The number of rotatable bonds is 2. The summed E-state index contributed by atoms with van der Waals surface area (Å²) in [5, 5.41) is 8.74. The van der Waals surface area contributed by atoms with E-state index in [1.807, 2.05) is 6.07 Å². The third-order valence-electron chi connectivity index (χ3n) is 4.48. The molecule has 1 unspecified atom stereocenters. The Bertz CT molecular complexity index is 482. The Morgan fingerprint density at radius 2 is 2.17 bits per heavy atom. The summed E-state index contributed by atoms with van der Waals surface area (Å²) in [4.78, 5) is 10.8. The number of aromatic nitrogens is 2. The predicted molar refractivity (Wildman–Crippen MR) is 69.0 cm³/mol. The Kier molecular flexibility index (Phi) is 2.51. The zero-order valence-electron chi connectivity index (χ0n) is 10.9. The third kappa shape index (κ3) is 1.50. The largest absolute Gasteiger partial charge is 0.351 e. The average Bonchev–Trinajstić information content (AvgIpc) is 2.26. The van der Waals surface area contributed by atoms with Crippen molar-refractivity contribution in [3.05, 3.63) is 18.1 Å². The molecule has 1 spiro atoms. The predicted octanol–water partition coefficient (Wildman–Crippen LogP) is 2.36. The first-order valence-electron chi connectivity index (χ1n) is 6.65. The van der Waals surface area contributed by atoms with Gasteiger partial charge in [0.15, 0.2) is 5.69 Å². The van der Waals surface area contributed by atoms with E-state index in [1.165, 1.54) is 19.3 Å². The molecule has 0 bridgehead atoms. The molecule has 3 rings (SSSR count). The fourth-order valence-corrected chi connectivity index (χ4v) is 3.65. The van der Waals surface area contributed by atoms with Crippen LogP contribution in [0.15, 0.2) is 12.4 Å². The van der Waals surface area contributed by atoms with Gasteiger partial charge in [0.1, 0.15) is 11.9 Å². The first kappa shape index (κ1) is 11.5. The first-order valence-corrected chi connectivity index (χ1v) is 6.65. The highest BCUT2D eigenvalue weighted by Gasteiger charge is 2.57. The number of hydrogen-bond acceptors (Lipinski definition) is 4. The molecule has 18 heavy (non-hydrogen) atoms. The Balaban J connectivity index is 1.82. The molecule has 2 aliphatic rings. The van der Waals surface area contributed by atoms with Gasteiger partial charge in [0.2, 0.25) is 0 Å². The smallest absolute Gasteiger partial charge is 0.158 e. The van der Waals surface area contributed by atoms with Crippen molar-refractivity contribution in [2.75, 3.05) is 11.4 Å². The van der Waals surface area contributed by atoms with Crippen molar-refractivity contribution < 1.29 is 0 Å². The Morgan fingerprint density at radius 3 is 2.61 bits per heavy atom. The summed E-state index contributed by atoms with van der Waals surface area (Å²) in [6.07, 6.45) is 7.39. The van der Waals surface area contributed by atoms with Crippen molar-refractivity contribution in [1.82, 2.24) is 9.97 Å². The van der Waals surface area contributed by atoms with Crippen LogP contribution in [-0.2, 0) is 0 Å². The molecule has 1 atom stereocenters. The fraction of sp³-hybridized carbons (Fsp3) is 0.643. The zero-order chi connectivity index (χ0) is 12.8. The highest BCUT2D eigenvalue weighted by Crippen LogP contribution is 2.56. The van der Waals surface area contributed by atoms with Gasteiger partial charge in [-0.1, -0.05) is 20.3 Å². The first-order chi connectivity index (χ1) is 8.66. The van der Waals surface area contributed by atoms with Gasteiger partial charge in [-0.25, -0.2) is 9.97 Å². The molecule has 4 heteroatoms. The molecule has 1 aromatic rings. The molecule has 1 saturated carbocycles. The van der Waals surface area contributed by atoms with Crippen molar-refractivity contribution in [3.63, 3.8) is 0 Å². The maximum Gasteiger partial charge on any atom is 0.158 e. The van der Waals surface area contributed by atoms with E-state index in [0.29, 0.717) is 23.1 Å². The molecule has 0 aromatic carbocycles. The van der Waals surface area contributed by atoms with Crippen molar-refractivity contribution in [3.8, 4) is 6.07 Å². The van der Waals surface area contributed by atoms with Gasteiger partial charge in [0, 0.05) is 18.0 Å². The summed E-state index contributed by atoms with van der Waals surface area (Å²) in [5.74, 6) is 1.56. The minimum Gasteiger partial charge on any atom is -0.351 e. The highest BCUT2D eigenvalue weighted by atomic mass is 15.3. The van der Waals surface area contributed by atoms with Gasteiger partial charge in [0.25, 0.3) is 0 Å². The van der Waals surface area contributed by atoms with Crippen LogP contribution in [-0.4, -0.2) is 22.6 Å². The maximum absolute atomic E-state index is 8.74. The summed E-state index contributed by atoms with van der Waals surface area (Å²) in [6.45, 7) is 5.68. The second-order valence-corrected chi connectivity index (χ2v) is 5.90. The van der Waals surface area contributed by atoms with Crippen LogP contribution in [0.3, 0.4) is 0 Å². The second kappa shape index (κ2) is 3.94. The van der Waals surface area contributed by atoms with Crippen LogP contribution in [0.4, 0.5) is 5.82 Å². The van der Waals surface area contributed by atoms with E-state index in [0.717, 1.165) is 12.4 Å². The fourth-order valence-electron chi connectivity index (χ4n) is 3.65. The van der Waals surface area contributed by atoms with E-state index < -0.39 is 0 Å². The Hall–Kier alpha value is -1.63. The SMILES string of the molecule is CC(C)C1N(c2cnc(C#N)cn2)CC12CCC2. The van der Waals surface area contributed by atoms with E-state index in [4.69, 9.17) is 5.26 Å². The van der Waals surface area contributed by atoms with E-state index in [1.54, 1.807) is 12.4 Å². The van der Waals surface area contributed by atoms with Crippen LogP contribution in [0.1, 0.15) is 38.8 Å². The maximum atomic E-state index is 8.74. The lowest BCUT2D eigenvalue weighted by Crippen LogP contribution is -2.69. The monoisotopic (exact) mass is 242 g/mol. The topological polar surface area (TPSA) is 52.8 Å². The van der Waals surface area contributed by atoms with Gasteiger partial charge < -0.3 is 4.90 Å². The van der Waals surface area contributed by atoms with Gasteiger partial charge in [-0.2, -0.15) is 5.26 Å². The summed E-state index contributed by atoms with van der Waals surface area (Å²) in [6, 6.07) is 2.60. The van der Waals surface area contributed by atoms with Gasteiger partial charge >= 0.3 is 0 Å². The Labute approximate surface area is 108 Å². The molecule has 94 valence electrons. The lowest BCUT2D eigenvalue weighted by Gasteiger charge is -2.64.